The van der Waals surface area contributed by atoms with E-state index in [1.165, 1.54) is 0 Å². The van der Waals surface area contributed by atoms with E-state index in [1.807, 2.05) is 72.0 Å². The molecule has 1 fully saturated rings. The molecular weight excluding hydrogens is 314 g/mol. The normalized spacial score (nSPS) is 20.8. The van der Waals surface area contributed by atoms with Gasteiger partial charge in [-0.15, -0.1) is 0 Å². The number of aromatic nitrogens is 2. The second-order valence-electron chi connectivity index (χ2n) is 6.59. The standard InChI is InChI=1S/C20H21N3O2/c1-14-11-23(19(12-25-14)15-6-4-3-5-7-15)20(24)16-8-9-18-17(10-16)21-13-22(18)2/h3-10,13-14,19H,11-12H2,1-2H3/t14-,19+/m1/s1. The Morgan fingerprint density at radius 2 is 2.00 bits per heavy atom. The highest BCUT2D eigenvalue weighted by Gasteiger charge is 2.32. The first-order chi connectivity index (χ1) is 12.1. The van der Waals surface area contributed by atoms with Gasteiger partial charge in [-0.05, 0) is 30.7 Å². The number of imidazole rings is 1. The van der Waals surface area contributed by atoms with Gasteiger partial charge < -0.3 is 14.2 Å². The van der Waals surface area contributed by atoms with E-state index < -0.39 is 0 Å². The average molecular weight is 335 g/mol. The zero-order chi connectivity index (χ0) is 17.4. The number of benzene rings is 2. The van der Waals surface area contributed by atoms with Gasteiger partial charge >= 0.3 is 0 Å². The predicted octanol–water partition coefficient (Wildman–Crippen LogP) is 3.18. The van der Waals surface area contributed by atoms with E-state index in [4.69, 9.17) is 4.74 Å². The third kappa shape index (κ3) is 2.91. The van der Waals surface area contributed by atoms with Crippen molar-refractivity contribution < 1.29 is 9.53 Å². The van der Waals surface area contributed by atoms with Crippen molar-refractivity contribution in [1.82, 2.24) is 14.5 Å². The van der Waals surface area contributed by atoms with Crippen LogP contribution >= 0.6 is 0 Å². The molecule has 0 saturated carbocycles. The number of hydrogen-bond donors (Lipinski definition) is 0. The molecule has 0 unspecified atom stereocenters. The number of amides is 1. The topological polar surface area (TPSA) is 47.4 Å². The highest BCUT2D eigenvalue weighted by molar-refractivity contribution is 5.97. The molecular formula is C20H21N3O2. The lowest BCUT2D eigenvalue weighted by atomic mass is 10.0. The molecule has 0 N–H and O–H groups in total. The monoisotopic (exact) mass is 335 g/mol. The van der Waals surface area contributed by atoms with E-state index >= 15 is 0 Å². The van der Waals surface area contributed by atoms with Gasteiger partial charge in [-0.2, -0.15) is 0 Å². The van der Waals surface area contributed by atoms with Crippen LogP contribution in [0.1, 0.15) is 28.9 Å². The summed E-state index contributed by atoms with van der Waals surface area (Å²) in [5.74, 6) is 0.0246. The summed E-state index contributed by atoms with van der Waals surface area (Å²) in [7, 11) is 1.95. The number of ether oxygens (including phenoxy) is 1. The van der Waals surface area contributed by atoms with Crippen molar-refractivity contribution in [3.05, 3.63) is 66.0 Å². The lowest BCUT2D eigenvalue weighted by molar-refractivity contribution is -0.0447. The zero-order valence-electron chi connectivity index (χ0n) is 14.4. The third-order valence-electron chi connectivity index (χ3n) is 4.79. The molecule has 0 spiro atoms. The van der Waals surface area contributed by atoms with Crippen LogP contribution in [0.2, 0.25) is 0 Å². The highest BCUT2D eigenvalue weighted by Crippen LogP contribution is 2.28. The SMILES string of the molecule is C[C@@H]1CN(C(=O)c2ccc3c(c2)ncn3C)[C@H](c2ccccc2)CO1. The Bertz CT molecular complexity index is 904. The molecule has 0 radical (unpaired) electrons. The van der Waals surface area contributed by atoms with Gasteiger partial charge in [0.05, 0.1) is 36.1 Å². The lowest BCUT2D eigenvalue weighted by Gasteiger charge is -2.39. The lowest BCUT2D eigenvalue weighted by Crippen LogP contribution is -2.46. The van der Waals surface area contributed by atoms with Crippen molar-refractivity contribution in [2.75, 3.05) is 13.2 Å². The molecule has 5 heteroatoms. The number of morpholine rings is 1. The smallest absolute Gasteiger partial charge is 0.254 e. The molecule has 2 heterocycles. The van der Waals surface area contributed by atoms with Crippen LogP contribution in [-0.2, 0) is 11.8 Å². The Morgan fingerprint density at radius 3 is 2.80 bits per heavy atom. The Morgan fingerprint density at radius 1 is 1.20 bits per heavy atom. The van der Waals surface area contributed by atoms with Crippen LogP contribution in [0.3, 0.4) is 0 Å². The van der Waals surface area contributed by atoms with E-state index in [1.54, 1.807) is 6.33 Å². The average Bonchev–Trinajstić information content (AvgIpc) is 3.02. The molecule has 0 bridgehead atoms. The molecule has 5 nitrogen and oxygen atoms in total. The van der Waals surface area contributed by atoms with Gasteiger partial charge in [-0.1, -0.05) is 30.3 Å². The molecule has 1 aliphatic rings. The van der Waals surface area contributed by atoms with Crippen LogP contribution in [0.25, 0.3) is 11.0 Å². The van der Waals surface area contributed by atoms with Crippen molar-refractivity contribution in [2.24, 2.45) is 7.05 Å². The fourth-order valence-corrected chi connectivity index (χ4v) is 3.41. The van der Waals surface area contributed by atoms with Crippen molar-refractivity contribution >= 4 is 16.9 Å². The second kappa shape index (κ2) is 6.33. The number of carbonyl (C=O) groups excluding carboxylic acids is 1. The van der Waals surface area contributed by atoms with Crippen LogP contribution in [0.4, 0.5) is 0 Å². The van der Waals surface area contributed by atoms with Crippen molar-refractivity contribution in [2.45, 2.75) is 19.1 Å². The second-order valence-corrected chi connectivity index (χ2v) is 6.59. The maximum atomic E-state index is 13.2. The maximum Gasteiger partial charge on any atom is 0.254 e. The molecule has 2 aromatic carbocycles. The molecule has 0 aliphatic carbocycles. The van der Waals surface area contributed by atoms with E-state index in [-0.39, 0.29) is 18.1 Å². The minimum atomic E-state index is -0.0654. The molecule has 25 heavy (non-hydrogen) atoms. The molecule has 1 amide bonds. The number of fused-ring (bicyclic) bond motifs is 1. The zero-order valence-corrected chi connectivity index (χ0v) is 14.4. The molecule has 1 aromatic heterocycles. The summed E-state index contributed by atoms with van der Waals surface area (Å²) >= 11 is 0. The number of nitrogens with zero attached hydrogens (tertiary/aromatic N) is 3. The van der Waals surface area contributed by atoms with Gasteiger partial charge in [-0.25, -0.2) is 4.98 Å². The predicted molar refractivity (Wildman–Crippen MR) is 96.3 cm³/mol. The van der Waals surface area contributed by atoms with Crippen molar-refractivity contribution in [1.29, 1.82) is 0 Å². The summed E-state index contributed by atoms with van der Waals surface area (Å²) in [6.07, 6.45) is 1.80. The molecule has 128 valence electrons. The summed E-state index contributed by atoms with van der Waals surface area (Å²) < 4.78 is 7.78. The summed E-state index contributed by atoms with van der Waals surface area (Å²) in [4.78, 5) is 19.5. The van der Waals surface area contributed by atoms with Crippen LogP contribution in [0.15, 0.2) is 54.9 Å². The Kier molecular flexibility index (Phi) is 4.01. The molecule has 4 rings (SSSR count). The fourth-order valence-electron chi connectivity index (χ4n) is 3.41. The van der Waals surface area contributed by atoms with Crippen LogP contribution in [0, 0.1) is 0 Å². The fraction of sp³-hybridized carbons (Fsp3) is 0.300. The minimum absolute atomic E-state index is 0.0246. The van der Waals surface area contributed by atoms with Gasteiger partial charge in [0.2, 0.25) is 0 Å². The molecule has 1 saturated heterocycles. The van der Waals surface area contributed by atoms with E-state index in [9.17, 15) is 4.79 Å². The van der Waals surface area contributed by atoms with Gasteiger partial charge in [0, 0.05) is 19.2 Å². The number of carbonyl (C=O) groups is 1. The number of aryl methyl sites for hydroxylation is 1. The summed E-state index contributed by atoms with van der Waals surface area (Å²) in [6, 6.07) is 15.7. The first kappa shape index (κ1) is 15.8. The molecule has 3 aromatic rings. The van der Waals surface area contributed by atoms with Crippen LogP contribution in [0.5, 0.6) is 0 Å². The first-order valence-electron chi connectivity index (χ1n) is 8.52. The first-order valence-corrected chi connectivity index (χ1v) is 8.52. The summed E-state index contributed by atoms with van der Waals surface area (Å²) in [5.41, 5.74) is 3.63. The van der Waals surface area contributed by atoms with Crippen LogP contribution in [-0.4, -0.2) is 39.6 Å². The van der Waals surface area contributed by atoms with Crippen molar-refractivity contribution in [3.8, 4) is 0 Å². The van der Waals surface area contributed by atoms with Gasteiger partial charge in [-0.3, -0.25) is 4.79 Å². The third-order valence-corrected chi connectivity index (χ3v) is 4.79. The van der Waals surface area contributed by atoms with Gasteiger partial charge in [0.25, 0.3) is 5.91 Å². The quantitative estimate of drug-likeness (QED) is 0.723. The minimum Gasteiger partial charge on any atom is -0.374 e. The maximum absolute atomic E-state index is 13.2. The van der Waals surface area contributed by atoms with Crippen molar-refractivity contribution in [3.63, 3.8) is 0 Å². The molecule has 2 atom stereocenters. The Labute approximate surface area is 146 Å². The highest BCUT2D eigenvalue weighted by atomic mass is 16.5. The van der Waals surface area contributed by atoms with Crippen LogP contribution < -0.4 is 0 Å². The van der Waals surface area contributed by atoms with Gasteiger partial charge in [0.1, 0.15) is 0 Å². The van der Waals surface area contributed by atoms with E-state index in [0.29, 0.717) is 18.7 Å². The summed E-state index contributed by atoms with van der Waals surface area (Å²) in [5, 5.41) is 0. The van der Waals surface area contributed by atoms with Gasteiger partial charge in [0.15, 0.2) is 0 Å². The van der Waals surface area contributed by atoms with E-state index in [0.717, 1.165) is 16.6 Å². The number of rotatable bonds is 2. The largest absolute Gasteiger partial charge is 0.374 e. The number of hydrogen-bond acceptors (Lipinski definition) is 3. The summed E-state index contributed by atoms with van der Waals surface area (Å²) in [6.45, 7) is 3.10. The Hall–Kier alpha value is -2.66. The molecule has 1 aliphatic heterocycles. The Balaban J connectivity index is 1.69. The van der Waals surface area contributed by atoms with E-state index in [2.05, 4.69) is 4.98 Å².